The van der Waals surface area contributed by atoms with E-state index in [1.807, 2.05) is 13.0 Å². The topological polar surface area (TPSA) is 35.0 Å². The Bertz CT molecular complexity index is 494. The Morgan fingerprint density at radius 2 is 2.10 bits per heavy atom. The molecule has 0 aliphatic heterocycles. The second-order valence-corrected chi connectivity index (χ2v) is 7.67. The predicted molar refractivity (Wildman–Crippen MR) is 86.7 cm³/mol. The van der Waals surface area contributed by atoms with Crippen molar-refractivity contribution in [3.05, 3.63) is 22.7 Å². The standard InChI is InChI=1S/C17H27ClN2O/c1-6-21-17(9-7-8-12(2)11-17)15-19-13(16(3,4)5)10-14(18)20-15/h10,12H,6-9,11H2,1-5H3. The van der Waals surface area contributed by atoms with Crippen molar-refractivity contribution in [3.63, 3.8) is 0 Å². The zero-order chi connectivity index (χ0) is 15.7. The van der Waals surface area contributed by atoms with Gasteiger partial charge in [-0.25, -0.2) is 9.97 Å². The van der Waals surface area contributed by atoms with Crippen LogP contribution in [0.5, 0.6) is 0 Å². The predicted octanol–water partition coefficient (Wildman–Crippen LogP) is 4.87. The monoisotopic (exact) mass is 310 g/mol. The largest absolute Gasteiger partial charge is 0.367 e. The van der Waals surface area contributed by atoms with Gasteiger partial charge in [-0.2, -0.15) is 0 Å². The molecule has 2 unspecified atom stereocenters. The number of rotatable bonds is 3. The number of nitrogens with zero attached hydrogens (tertiary/aromatic N) is 2. The summed E-state index contributed by atoms with van der Waals surface area (Å²) in [7, 11) is 0. The molecule has 118 valence electrons. The van der Waals surface area contributed by atoms with Gasteiger partial charge in [-0.1, -0.05) is 45.7 Å². The van der Waals surface area contributed by atoms with Gasteiger partial charge in [0.1, 0.15) is 10.8 Å². The molecular formula is C17H27ClN2O. The number of ether oxygens (including phenoxy) is 1. The maximum absolute atomic E-state index is 6.27. The molecule has 1 aromatic heterocycles. The fourth-order valence-electron chi connectivity index (χ4n) is 3.18. The van der Waals surface area contributed by atoms with Gasteiger partial charge < -0.3 is 4.74 Å². The first kappa shape index (κ1) is 16.7. The quantitative estimate of drug-likeness (QED) is 0.747. The molecule has 1 heterocycles. The molecule has 0 bridgehead atoms. The van der Waals surface area contributed by atoms with E-state index in [0.717, 1.165) is 30.8 Å². The Morgan fingerprint density at radius 3 is 2.67 bits per heavy atom. The molecule has 0 aromatic carbocycles. The van der Waals surface area contributed by atoms with E-state index in [0.29, 0.717) is 17.7 Å². The van der Waals surface area contributed by atoms with Gasteiger partial charge >= 0.3 is 0 Å². The Hall–Kier alpha value is -0.670. The lowest BCUT2D eigenvalue weighted by Gasteiger charge is -2.39. The summed E-state index contributed by atoms with van der Waals surface area (Å²) >= 11 is 6.27. The van der Waals surface area contributed by atoms with E-state index in [2.05, 4.69) is 32.7 Å². The summed E-state index contributed by atoms with van der Waals surface area (Å²) < 4.78 is 6.17. The molecule has 1 fully saturated rings. The highest BCUT2D eigenvalue weighted by atomic mass is 35.5. The zero-order valence-corrected chi connectivity index (χ0v) is 14.6. The first-order valence-electron chi connectivity index (χ1n) is 7.96. The maximum Gasteiger partial charge on any atom is 0.162 e. The molecule has 0 radical (unpaired) electrons. The molecule has 2 atom stereocenters. The average molecular weight is 311 g/mol. The molecule has 3 nitrogen and oxygen atoms in total. The van der Waals surface area contributed by atoms with Crippen LogP contribution in [0.25, 0.3) is 0 Å². The highest BCUT2D eigenvalue weighted by molar-refractivity contribution is 6.29. The van der Waals surface area contributed by atoms with Crippen LogP contribution in [-0.2, 0) is 15.8 Å². The zero-order valence-electron chi connectivity index (χ0n) is 13.9. The summed E-state index contributed by atoms with van der Waals surface area (Å²) in [5.41, 5.74) is 0.571. The molecule has 1 aliphatic rings. The van der Waals surface area contributed by atoms with Gasteiger partial charge in [0.05, 0.1) is 5.69 Å². The van der Waals surface area contributed by atoms with Crippen molar-refractivity contribution in [2.24, 2.45) is 5.92 Å². The summed E-state index contributed by atoms with van der Waals surface area (Å²) in [5.74, 6) is 1.40. The van der Waals surface area contributed by atoms with E-state index < -0.39 is 0 Å². The first-order chi connectivity index (χ1) is 9.77. The van der Waals surface area contributed by atoms with Gasteiger partial charge in [-0.05, 0) is 38.2 Å². The van der Waals surface area contributed by atoms with Crippen molar-refractivity contribution in [2.45, 2.75) is 71.3 Å². The molecular weight excluding hydrogens is 284 g/mol. The maximum atomic E-state index is 6.27. The molecule has 21 heavy (non-hydrogen) atoms. The van der Waals surface area contributed by atoms with Crippen molar-refractivity contribution in [2.75, 3.05) is 6.61 Å². The lowest BCUT2D eigenvalue weighted by atomic mass is 9.78. The lowest BCUT2D eigenvalue weighted by Crippen LogP contribution is -2.37. The molecule has 0 saturated heterocycles. The molecule has 0 spiro atoms. The average Bonchev–Trinajstić information content (AvgIpc) is 2.37. The van der Waals surface area contributed by atoms with Gasteiger partial charge in [0, 0.05) is 12.0 Å². The van der Waals surface area contributed by atoms with Crippen LogP contribution in [0.3, 0.4) is 0 Å². The van der Waals surface area contributed by atoms with E-state index in [9.17, 15) is 0 Å². The summed E-state index contributed by atoms with van der Waals surface area (Å²) in [6, 6.07) is 1.87. The van der Waals surface area contributed by atoms with Crippen LogP contribution in [-0.4, -0.2) is 16.6 Å². The summed E-state index contributed by atoms with van der Waals surface area (Å²) in [5, 5.41) is 0.516. The van der Waals surface area contributed by atoms with Crippen LogP contribution in [0.2, 0.25) is 5.15 Å². The van der Waals surface area contributed by atoms with Crippen LogP contribution in [0.4, 0.5) is 0 Å². The minimum Gasteiger partial charge on any atom is -0.367 e. The van der Waals surface area contributed by atoms with Crippen LogP contribution >= 0.6 is 11.6 Å². The van der Waals surface area contributed by atoms with Crippen molar-refractivity contribution < 1.29 is 4.74 Å². The van der Waals surface area contributed by atoms with E-state index >= 15 is 0 Å². The van der Waals surface area contributed by atoms with E-state index in [1.165, 1.54) is 6.42 Å². The number of hydrogen-bond donors (Lipinski definition) is 0. The minimum absolute atomic E-state index is 0.0466. The second-order valence-electron chi connectivity index (χ2n) is 7.28. The van der Waals surface area contributed by atoms with Crippen molar-refractivity contribution in [3.8, 4) is 0 Å². The van der Waals surface area contributed by atoms with E-state index in [4.69, 9.17) is 21.3 Å². The second kappa shape index (κ2) is 6.21. The van der Waals surface area contributed by atoms with E-state index in [1.54, 1.807) is 0 Å². The SMILES string of the molecule is CCOC1(c2nc(Cl)cc(C(C)(C)C)n2)CCCC(C)C1. The third-order valence-corrected chi connectivity index (χ3v) is 4.44. The summed E-state index contributed by atoms with van der Waals surface area (Å²) in [6.07, 6.45) is 4.36. The molecule has 0 amide bonds. The normalized spacial score (nSPS) is 26.9. The fraction of sp³-hybridized carbons (Fsp3) is 0.765. The first-order valence-corrected chi connectivity index (χ1v) is 8.34. The van der Waals surface area contributed by atoms with Crippen LogP contribution in [0, 0.1) is 5.92 Å². The van der Waals surface area contributed by atoms with Crippen LogP contribution in [0.1, 0.15) is 71.8 Å². The minimum atomic E-state index is -0.364. The number of hydrogen-bond acceptors (Lipinski definition) is 3. The van der Waals surface area contributed by atoms with Gasteiger partial charge in [-0.3, -0.25) is 0 Å². The Morgan fingerprint density at radius 1 is 1.38 bits per heavy atom. The van der Waals surface area contributed by atoms with Crippen molar-refractivity contribution in [1.82, 2.24) is 9.97 Å². The fourth-order valence-corrected chi connectivity index (χ4v) is 3.37. The summed E-state index contributed by atoms with van der Waals surface area (Å²) in [6.45, 7) is 11.4. The van der Waals surface area contributed by atoms with Gasteiger partial charge in [0.2, 0.25) is 0 Å². The molecule has 1 aliphatic carbocycles. The highest BCUT2D eigenvalue weighted by Crippen LogP contribution is 2.42. The molecule has 1 saturated carbocycles. The number of halogens is 1. The lowest BCUT2D eigenvalue weighted by molar-refractivity contribution is -0.0882. The Balaban J connectivity index is 2.47. The van der Waals surface area contributed by atoms with Gasteiger partial charge in [-0.15, -0.1) is 0 Å². The van der Waals surface area contributed by atoms with Gasteiger partial charge in [0.15, 0.2) is 5.82 Å². The van der Waals surface area contributed by atoms with Gasteiger partial charge in [0.25, 0.3) is 0 Å². The smallest absolute Gasteiger partial charge is 0.162 e. The Kier molecular flexibility index (Phi) is 4.94. The number of aromatic nitrogens is 2. The third-order valence-electron chi connectivity index (χ3n) is 4.25. The van der Waals surface area contributed by atoms with E-state index in [-0.39, 0.29) is 11.0 Å². The van der Waals surface area contributed by atoms with Crippen LogP contribution < -0.4 is 0 Å². The Labute approximate surface area is 133 Å². The molecule has 2 rings (SSSR count). The van der Waals surface area contributed by atoms with Crippen LogP contribution in [0.15, 0.2) is 6.07 Å². The van der Waals surface area contributed by atoms with Crippen molar-refractivity contribution >= 4 is 11.6 Å². The highest BCUT2D eigenvalue weighted by Gasteiger charge is 2.40. The third kappa shape index (κ3) is 3.75. The molecule has 0 N–H and O–H groups in total. The molecule has 4 heteroatoms. The van der Waals surface area contributed by atoms with Crippen molar-refractivity contribution in [1.29, 1.82) is 0 Å². The molecule has 1 aromatic rings. The summed E-state index contributed by atoms with van der Waals surface area (Å²) in [4.78, 5) is 9.36.